The SMILES string of the molecule is Cc1c([C@@H](C)NC(=O)c2cn(C3CCOCC3)c(=O)c(C)c2N(C)C2CCN(C)CC2)cccc1C(F)(P)P. The Hall–Kier alpha value is -1.85. The van der Waals surface area contributed by atoms with Crippen molar-refractivity contribution in [1.29, 1.82) is 0 Å². The lowest BCUT2D eigenvalue weighted by Gasteiger charge is -2.38. The van der Waals surface area contributed by atoms with E-state index in [4.69, 9.17) is 4.74 Å². The van der Waals surface area contributed by atoms with Gasteiger partial charge < -0.3 is 24.4 Å². The van der Waals surface area contributed by atoms with Crippen LogP contribution in [0.1, 0.15) is 77.3 Å². The molecule has 2 aliphatic heterocycles. The fourth-order valence-corrected chi connectivity index (χ4v) is 6.69. The van der Waals surface area contributed by atoms with Crippen LogP contribution in [0.4, 0.5) is 10.1 Å². The zero-order valence-corrected chi connectivity index (χ0v) is 26.1. The van der Waals surface area contributed by atoms with Crippen molar-refractivity contribution in [3.63, 3.8) is 0 Å². The normalized spacial score (nSPS) is 18.7. The van der Waals surface area contributed by atoms with Crippen LogP contribution in [0.15, 0.2) is 29.2 Å². The van der Waals surface area contributed by atoms with E-state index in [1.54, 1.807) is 16.8 Å². The predicted molar refractivity (Wildman–Crippen MR) is 163 cm³/mol. The fourth-order valence-electron chi connectivity index (χ4n) is 6.07. The number of anilines is 1. The smallest absolute Gasteiger partial charge is 0.255 e. The van der Waals surface area contributed by atoms with Gasteiger partial charge in [0.2, 0.25) is 0 Å². The molecule has 7 nitrogen and oxygen atoms in total. The van der Waals surface area contributed by atoms with E-state index in [0.717, 1.165) is 49.9 Å². The quantitative estimate of drug-likeness (QED) is 0.486. The Kier molecular flexibility index (Phi) is 9.53. The van der Waals surface area contributed by atoms with Gasteiger partial charge in [-0.3, -0.25) is 9.59 Å². The lowest BCUT2D eigenvalue weighted by atomic mass is 9.97. The number of rotatable bonds is 7. The maximum Gasteiger partial charge on any atom is 0.255 e. The average Bonchev–Trinajstić information content (AvgIpc) is 2.90. The van der Waals surface area contributed by atoms with Crippen LogP contribution in [-0.2, 0) is 9.89 Å². The van der Waals surface area contributed by atoms with Crippen LogP contribution < -0.4 is 15.8 Å². The first-order chi connectivity index (χ1) is 18.4. The lowest BCUT2D eigenvalue weighted by molar-refractivity contribution is 0.0685. The molecule has 2 saturated heterocycles. The molecule has 0 spiro atoms. The van der Waals surface area contributed by atoms with E-state index in [0.29, 0.717) is 35.6 Å². The third kappa shape index (κ3) is 6.56. The summed E-state index contributed by atoms with van der Waals surface area (Å²) in [6.45, 7) is 8.78. The first kappa shape index (κ1) is 30.1. The number of hydrogen-bond donors (Lipinski definition) is 1. The first-order valence-corrected chi connectivity index (χ1v) is 15.0. The second-order valence-electron chi connectivity index (χ2n) is 11.2. The number of ether oxygens (including phenoxy) is 1. The van der Waals surface area contributed by atoms with Crippen molar-refractivity contribution >= 4 is 30.1 Å². The van der Waals surface area contributed by atoms with Crippen molar-refractivity contribution < 1.29 is 13.9 Å². The molecule has 0 radical (unpaired) electrons. The molecular formula is C29H43FN4O3P2. The monoisotopic (exact) mass is 576 g/mol. The number of nitrogens with zero attached hydrogens (tertiary/aromatic N) is 3. The standard InChI is InChI=1S/C29H43FN4O3P2/c1-18-23(7-6-8-25(18)29(30,38)39)20(3)31-27(35)24-17-34(22-11-15-37-16-12-22)28(36)19(2)26(24)33(5)21-9-13-32(4)14-10-21/h6-8,17,20-22H,9-16,38-39H2,1-5H3,(H,31,35)/t20-/m1/s1. The maximum atomic E-state index is 14.8. The second-order valence-corrected chi connectivity index (χ2v) is 13.5. The molecule has 0 saturated carbocycles. The van der Waals surface area contributed by atoms with Crippen LogP contribution in [0.5, 0.6) is 0 Å². The molecule has 3 heterocycles. The number of benzene rings is 1. The summed E-state index contributed by atoms with van der Waals surface area (Å²) >= 11 is 0. The second kappa shape index (κ2) is 12.3. The number of amides is 1. The van der Waals surface area contributed by atoms with Gasteiger partial charge in [0.25, 0.3) is 11.5 Å². The highest BCUT2D eigenvalue weighted by atomic mass is 31.1. The highest BCUT2D eigenvalue weighted by Crippen LogP contribution is 2.43. The number of carbonyl (C=O) groups excluding carboxylic acids is 1. The van der Waals surface area contributed by atoms with Crippen molar-refractivity contribution in [3.8, 4) is 0 Å². The largest absolute Gasteiger partial charge is 0.381 e. The van der Waals surface area contributed by atoms with E-state index >= 15 is 0 Å². The summed E-state index contributed by atoms with van der Waals surface area (Å²) in [5.41, 5.74) is 3.93. The molecule has 1 aromatic carbocycles. The minimum atomic E-state index is -1.65. The van der Waals surface area contributed by atoms with Crippen molar-refractivity contribution in [3.05, 3.63) is 62.6 Å². The van der Waals surface area contributed by atoms with Crippen molar-refractivity contribution in [2.24, 2.45) is 0 Å². The number of aromatic nitrogens is 1. The van der Waals surface area contributed by atoms with Gasteiger partial charge in [-0.05, 0) is 83.3 Å². The Morgan fingerprint density at radius 1 is 1.15 bits per heavy atom. The number of alkyl halides is 1. The van der Waals surface area contributed by atoms with Crippen molar-refractivity contribution in [2.75, 3.05) is 45.3 Å². The van der Waals surface area contributed by atoms with E-state index in [9.17, 15) is 14.0 Å². The van der Waals surface area contributed by atoms with Crippen LogP contribution in [0, 0.1) is 13.8 Å². The molecule has 1 N–H and O–H groups in total. The number of piperidine rings is 1. The number of pyridine rings is 1. The molecule has 2 aliphatic rings. The van der Waals surface area contributed by atoms with Crippen molar-refractivity contribution in [2.45, 2.75) is 69.7 Å². The summed E-state index contributed by atoms with van der Waals surface area (Å²) < 4.78 is 22.1. The van der Waals surface area contributed by atoms with Gasteiger partial charge in [0, 0.05) is 44.1 Å². The number of halogens is 1. The van der Waals surface area contributed by atoms with Crippen LogP contribution in [0.25, 0.3) is 0 Å². The third-order valence-corrected chi connectivity index (χ3v) is 9.08. The predicted octanol–water partition coefficient (Wildman–Crippen LogP) is 4.67. The molecular weight excluding hydrogens is 533 g/mol. The van der Waals surface area contributed by atoms with Gasteiger partial charge in [-0.25, -0.2) is 4.39 Å². The summed E-state index contributed by atoms with van der Waals surface area (Å²) in [7, 11) is 8.56. The molecule has 1 amide bonds. The average molecular weight is 577 g/mol. The third-order valence-electron chi connectivity index (χ3n) is 8.45. The molecule has 10 heteroatoms. The number of nitrogens with one attached hydrogen (secondary N) is 1. The minimum absolute atomic E-state index is 0.00248. The molecule has 0 aliphatic carbocycles. The molecule has 0 bridgehead atoms. The Morgan fingerprint density at radius 2 is 1.79 bits per heavy atom. The highest BCUT2D eigenvalue weighted by molar-refractivity contribution is 7.38. The summed E-state index contributed by atoms with van der Waals surface area (Å²) in [5, 5.41) is 1.52. The molecule has 2 aromatic rings. The summed E-state index contributed by atoms with van der Waals surface area (Å²) in [6.07, 6.45) is 5.17. The Labute approximate surface area is 236 Å². The van der Waals surface area contributed by atoms with Crippen LogP contribution in [0.3, 0.4) is 0 Å². The van der Waals surface area contributed by atoms with Gasteiger partial charge in [0.05, 0.1) is 17.3 Å². The zero-order valence-electron chi connectivity index (χ0n) is 23.8. The van der Waals surface area contributed by atoms with Crippen LogP contribution in [-0.4, -0.2) is 61.8 Å². The maximum absolute atomic E-state index is 14.8. The molecule has 3 atom stereocenters. The number of hydrogen-bond acceptors (Lipinski definition) is 5. The molecule has 1 aromatic heterocycles. The van der Waals surface area contributed by atoms with E-state index in [2.05, 4.69) is 40.6 Å². The van der Waals surface area contributed by atoms with Crippen LogP contribution in [0.2, 0.25) is 0 Å². The van der Waals surface area contributed by atoms with E-state index in [1.165, 1.54) is 0 Å². The molecule has 2 fully saturated rings. The fraction of sp³-hybridized carbons (Fsp3) is 0.586. The lowest BCUT2D eigenvalue weighted by Crippen LogP contribution is -2.44. The number of likely N-dealkylation sites (tertiary alicyclic amines) is 1. The minimum Gasteiger partial charge on any atom is -0.381 e. The van der Waals surface area contributed by atoms with Gasteiger partial charge in [0.1, 0.15) is 0 Å². The topological polar surface area (TPSA) is 66.8 Å². The summed E-state index contributed by atoms with van der Waals surface area (Å²) in [5.74, 6) is -0.241. The van der Waals surface area contributed by atoms with Gasteiger partial charge in [-0.1, -0.05) is 36.7 Å². The summed E-state index contributed by atoms with van der Waals surface area (Å²) in [6, 6.07) is 5.37. The van der Waals surface area contributed by atoms with Gasteiger partial charge >= 0.3 is 0 Å². The summed E-state index contributed by atoms with van der Waals surface area (Å²) in [4.78, 5) is 32.1. The molecule has 39 heavy (non-hydrogen) atoms. The molecule has 4 rings (SSSR count). The molecule has 214 valence electrons. The Balaban J connectivity index is 1.73. The van der Waals surface area contributed by atoms with Gasteiger partial charge in [0.15, 0.2) is 5.15 Å². The van der Waals surface area contributed by atoms with Gasteiger partial charge in [-0.2, -0.15) is 0 Å². The van der Waals surface area contributed by atoms with E-state index in [1.807, 2.05) is 40.0 Å². The zero-order chi connectivity index (χ0) is 28.5. The Morgan fingerprint density at radius 3 is 2.41 bits per heavy atom. The Bertz CT molecular complexity index is 1250. The van der Waals surface area contributed by atoms with E-state index in [-0.39, 0.29) is 29.6 Å². The number of carbonyl (C=O) groups is 1. The first-order valence-electron chi connectivity index (χ1n) is 13.8. The van der Waals surface area contributed by atoms with E-state index < -0.39 is 5.15 Å². The van der Waals surface area contributed by atoms with Crippen molar-refractivity contribution in [1.82, 2.24) is 14.8 Å². The molecule has 2 unspecified atom stereocenters. The van der Waals surface area contributed by atoms with Gasteiger partial charge in [-0.15, -0.1) is 0 Å². The highest BCUT2D eigenvalue weighted by Gasteiger charge is 2.30. The van der Waals surface area contributed by atoms with Crippen LogP contribution >= 0.6 is 18.5 Å².